The molecule has 8 nitrogen and oxygen atoms in total. The second-order valence-electron chi connectivity index (χ2n) is 9.45. The SMILES string of the molecule is C=C(C)OCNc1ccc(CCc2ccc(NC(=O)c3cc4ccc(NC(=O)C(=C)C)cc4oc3=O)cc2)cc1. The Bertz CT molecular complexity index is 1620. The lowest BCUT2D eigenvalue weighted by atomic mass is 10.0. The fourth-order valence-corrected chi connectivity index (χ4v) is 3.86. The van der Waals surface area contributed by atoms with Gasteiger partial charge in [0.15, 0.2) is 6.73 Å². The largest absolute Gasteiger partial charge is 0.479 e. The first kappa shape index (κ1) is 27.9. The van der Waals surface area contributed by atoms with E-state index < -0.39 is 11.5 Å². The summed E-state index contributed by atoms with van der Waals surface area (Å²) in [5.74, 6) is -0.238. The number of amides is 2. The summed E-state index contributed by atoms with van der Waals surface area (Å²) >= 11 is 0. The highest BCUT2D eigenvalue weighted by atomic mass is 16.5. The number of anilines is 3. The zero-order valence-electron chi connectivity index (χ0n) is 22.5. The number of fused-ring (bicyclic) bond motifs is 1. The van der Waals surface area contributed by atoms with E-state index in [1.54, 1.807) is 38.1 Å². The molecular formula is C32H31N3O5. The highest BCUT2D eigenvalue weighted by Crippen LogP contribution is 2.20. The average molecular weight is 538 g/mol. The van der Waals surface area contributed by atoms with Crippen LogP contribution in [-0.4, -0.2) is 18.5 Å². The molecular weight excluding hydrogens is 506 g/mol. The Morgan fingerprint density at radius 1 is 0.800 bits per heavy atom. The van der Waals surface area contributed by atoms with Crippen LogP contribution < -0.4 is 21.6 Å². The van der Waals surface area contributed by atoms with Crippen LogP contribution in [0.2, 0.25) is 0 Å². The molecule has 1 heterocycles. The maximum Gasteiger partial charge on any atom is 0.349 e. The Hall–Kier alpha value is -5.11. The van der Waals surface area contributed by atoms with E-state index in [-0.39, 0.29) is 17.1 Å². The first-order valence-electron chi connectivity index (χ1n) is 12.7. The van der Waals surface area contributed by atoms with Crippen molar-refractivity contribution in [2.75, 3.05) is 22.7 Å². The van der Waals surface area contributed by atoms with Gasteiger partial charge in [-0.25, -0.2) is 4.79 Å². The molecule has 0 bridgehead atoms. The van der Waals surface area contributed by atoms with E-state index in [9.17, 15) is 14.4 Å². The molecule has 8 heteroatoms. The third-order valence-electron chi connectivity index (χ3n) is 6.09. The number of nitrogens with one attached hydrogen (secondary N) is 3. The predicted molar refractivity (Wildman–Crippen MR) is 159 cm³/mol. The molecule has 0 radical (unpaired) electrons. The highest BCUT2D eigenvalue weighted by molar-refractivity contribution is 6.06. The van der Waals surface area contributed by atoms with E-state index in [0.29, 0.717) is 34.8 Å². The highest BCUT2D eigenvalue weighted by Gasteiger charge is 2.15. The number of allylic oxidation sites excluding steroid dienone is 1. The molecule has 0 unspecified atom stereocenters. The molecule has 204 valence electrons. The summed E-state index contributed by atoms with van der Waals surface area (Å²) in [6.45, 7) is 11.1. The zero-order chi connectivity index (χ0) is 28.6. The monoisotopic (exact) mass is 537 g/mol. The fraction of sp³-hybridized carbons (Fsp3) is 0.156. The molecule has 0 aliphatic heterocycles. The van der Waals surface area contributed by atoms with Crippen molar-refractivity contribution in [3.63, 3.8) is 0 Å². The standard InChI is InChI=1S/C32H31N3O5/c1-20(2)30(36)35-27-16-11-24-17-28(32(38)40-29(24)18-27)31(37)34-26-14-9-23(10-15-26)6-5-22-7-12-25(13-8-22)33-19-39-21(3)4/h7-18,33H,1,3,5-6,19H2,2,4H3,(H,34,37)(H,35,36). The van der Waals surface area contributed by atoms with Crippen molar-refractivity contribution in [3.05, 3.63) is 124 Å². The zero-order valence-corrected chi connectivity index (χ0v) is 22.5. The summed E-state index contributed by atoms with van der Waals surface area (Å²) in [5.41, 5.74) is 4.06. The third-order valence-corrected chi connectivity index (χ3v) is 6.09. The van der Waals surface area contributed by atoms with Crippen LogP contribution in [0.3, 0.4) is 0 Å². The number of carbonyl (C=O) groups is 2. The first-order chi connectivity index (χ1) is 19.2. The van der Waals surface area contributed by atoms with Crippen LogP contribution in [0, 0.1) is 0 Å². The Morgan fingerprint density at radius 3 is 2.00 bits per heavy atom. The molecule has 0 atom stereocenters. The van der Waals surface area contributed by atoms with Crippen LogP contribution >= 0.6 is 0 Å². The minimum atomic E-state index is -0.769. The van der Waals surface area contributed by atoms with Crippen molar-refractivity contribution >= 4 is 39.8 Å². The summed E-state index contributed by atoms with van der Waals surface area (Å²) in [7, 11) is 0. The fourth-order valence-electron chi connectivity index (χ4n) is 3.86. The third kappa shape index (κ3) is 7.48. The number of rotatable bonds is 11. The maximum atomic E-state index is 12.8. The van der Waals surface area contributed by atoms with Gasteiger partial charge >= 0.3 is 5.63 Å². The van der Waals surface area contributed by atoms with Gasteiger partial charge in [-0.3, -0.25) is 9.59 Å². The van der Waals surface area contributed by atoms with Crippen molar-refractivity contribution in [2.45, 2.75) is 26.7 Å². The van der Waals surface area contributed by atoms with Crippen LogP contribution in [0.1, 0.15) is 35.3 Å². The molecule has 0 fully saturated rings. The molecule has 0 saturated carbocycles. The lowest BCUT2D eigenvalue weighted by Gasteiger charge is -2.10. The Balaban J connectivity index is 1.34. The average Bonchev–Trinajstić information content (AvgIpc) is 2.92. The summed E-state index contributed by atoms with van der Waals surface area (Å²) in [4.78, 5) is 37.2. The maximum absolute atomic E-state index is 12.8. The lowest BCUT2D eigenvalue weighted by molar-refractivity contribution is -0.112. The molecule has 2 amide bonds. The molecule has 0 aliphatic rings. The van der Waals surface area contributed by atoms with Crippen molar-refractivity contribution in [3.8, 4) is 0 Å². The van der Waals surface area contributed by atoms with Gasteiger partial charge in [-0.15, -0.1) is 0 Å². The van der Waals surface area contributed by atoms with Crippen LogP contribution in [0.5, 0.6) is 0 Å². The van der Waals surface area contributed by atoms with E-state index in [1.807, 2.05) is 24.3 Å². The van der Waals surface area contributed by atoms with Gasteiger partial charge in [0.2, 0.25) is 0 Å². The van der Waals surface area contributed by atoms with E-state index in [0.717, 1.165) is 24.1 Å². The number of ether oxygens (including phenoxy) is 1. The number of hydrogen-bond donors (Lipinski definition) is 3. The van der Waals surface area contributed by atoms with Gasteiger partial charge in [0.05, 0.1) is 5.76 Å². The normalized spacial score (nSPS) is 10.6. The van der Waals surface area contributed by atoms with Crippen molar-refractivity contribution in [1.29, 1.82) is 0 Å². The molecule has 0 saturated heterocycles. The number of carbonyl (C=O) groups excluding carboxylic acids is 2. The van der Waals surface area contributed by atoms with Crippen molar-refractivity contribution in [2.24, 2.45) is 0 Å². The Morgan fingerprint density at radius 2 is 1.40 bits per heavy atom. The molecule has 0 spiro atoms. The Kier molecular flexibility index (Phi) is 8.81. The molecule has 3 aromatic carbocycles. The second-order valence-corrected chi connectivity index (χ2v) is 9.45. The van der Waals surface area contributed by atoms with E-state index in [1.165, 1.54) is 17.7 Å². The number of aryl methyl sites for hydroxylation is 2. The molecule has 4 rings (SSSR count). The number of benzene rings is 3. The van der Waals surface area contributed by atoms with Crippen molar-refractivity contribution < 1.29 is 18.7 Å². The quantitative estimate of drug-likeness (QED) is 0.0901. The minimum Gasteiger partial charge on any atom is -0.479 e. The van der Waals surface area contributed by atoms with Gasteiger partial charge in [-0.05, 0) is 80.3 Å². The summed E-state index contributed by atoms with van der Waals surface area (Å²) in [5, 5.41) is 9.15. The first-order valence-corrected chi connectivity index (χ1v) is 12.7. The summed E-state index contributed by atoms with van der Waals surface area (Å²) in [6, 6.07) is 22.0. The van der Waals surface area contributed by atoms with Gasteiger partial charge in [0.1, 0.15) is 11.1 Å². The van der Waals surface area contributed by atoms with Crippen molar-refractivity contribution in [1.82, 2.24) is 0 Å². The van der Waals surface area contributed by atoms with Gasteiger partial charge < -0.3 is 25.1 Å². The Labute approximate surface area is 232 Å². The molecule has 40 heavy (non-hydrogen) atoms. The van der Waals surface area contributed by atoms with Gasteiger partial charge in [-0.1, -0.05) is 37.4 Å². The minimum absolute atomic E-state index is 0.112. The van der Waals surface area contributed by atoms with Crippen LogP contribution in [0.4, 0.5) is 17.1 Å². The lowest BCUT2D eigenvalue weighted by Crippen LogP contribution is -2.20. The molecule has 0 aliphatic carbocycles. The van der Waals surface area contributed by atoms with Crippen LogP contribution in [-0.2, 0) is 22.4 Å². The molecule has 4 aromatic rings. The van der Waals surface area contributed by atoms with Crippen LogP contribution in [0.25, 0.3) is 11.0 Å². The molecule has 1 aromatic heterocycles. The predicted octanol–water partition coefficient (Wildman–Crippen LogP) is 6.26. The van der Waals surface area contributed by atoms with Gasteiger partial charge in [0, 0.05) is 34.1 Å². The van der Waals surface area contributed by atoms with Gasteiger partial charge in [0.25, 0.3) is 11.8 Å². The smallest absolute Gasteiger partial charge is 0.349 e. The van der Waals surface area contributed by atoms with E-state index >= 15 is 0 Å². The van der Waals surface area contributed by atoms with Crippen LogP contribution in [0.15, 0.2) is 106 Å². The summed E-state index contributed by atoms with van der Waals surface area (Å²) in [6.07, 6.45) is 1.70. The number of hydrogen-bond acceptors (Lipinski definition) is 6. The van der Waals surface area contributed by atoms with E-state index in [4.69, 9.17) is 9.15 Å². The summed E-state index contributed by atoms with van der Waals surface area (Å²) < 4.78 is 10.7. The van der Waals surface area contributed by atoms with E-state index in [2.05, 4.69) is 41.2 Å². The van der Waals surface area contributed by atoms with Gasteiger partial charge in [-0.2, -0.15) is 0 Å². The topological polar surface area (TPSA) is 110 Å². The second kappa shape index (κ2) is 12.6. The molecule has 3 N–H and O–H groups in total.